The molecule has 0 aromatic heterocycles. The number of hydrogen-bond acceptors (Lipinski definition) is 2. The van der Waals surface area contributed by atoms with E-state index in [4.69, 9.17) is 5.73 Å². The fraction of sp³-hybridized carbons (Fsp3) is 0. The average Bonchev–Trinajstić information content (AvgIpc) is 2.32. The molecule has 6 heteroatoms. The van der Waals surface area contributed by atoms with Gasteiger partial charge in [0.2, 0.25) is 0 Å². The molecule has 0 spiro atoms. The first-order valence-corrected chi connectivity index (χ1v) is 6.08. The minimum absolute atomic E-state index is 0.0377. The molecule has 2 rings (SSSR count). The number of nitrogens with two attached hydrogens (primary N) is 1. The van der Waals surface area contributed by atoms with Crippen molar-refractivity contribution in [3.05, 3.63) is 58.1 Å². The van der Waals surface area contributed by atoms with E-state index in [1.165, 1.54) is 24.3 Å². The molecule has 0 fully saturated rings. The van der Waals surface area contributed by atoms with Crippen molar-refractivity contribution in [1.82, 2.24) is 0 Å². The van der Waals surface area contributed by atoms with E-state index in [1.807, 2.05) is 0 Å². The number of rotatable bonds is 2. The lowest BCUT2D eigenvalue weighted by molar-refractivity contribution is 0.102. The van der Waals surface area contributed by atoms with Crippen molar-refractivity contribution in [2.45, 2.75) is 0 Å². The van der Waals surface area contributed by atoms with Gasteiger partial charge in [0.05, 0.1) is 11.3 Å². The minimum Gasteiger partial charge on any atom is -0.398 e. The third-order valence-corrected chi connectivity index (χ3v) is 3.09. The molecule has 3 N–H and O–H groups in total. The van der Waals surface area contributed by atoms with Crippen LogP contribution in [0.25, 0.3) is 0 Å². The van der Waals surface area contributed by atoms with Crippen LogP contribution in [-0.4, -0.2) is 5.91 Å². The Labute approximate surface area is 116 Å². The van der Waals surface area contributed by atoms with Gasteiger partial charge in [0.25, 0.3) is 5.91 Å². The van der Waals surface area contributed by atoms with E-state index in [-0.39, 0.29) is 11.3 Å². The summed E-state index contributed by atoms with van der Waals surface area (Å²) < 4.78 is 26.2. The molecule has 0 radical (unpaired) electrons. The number of halogens is 3. The molecule has 3 nitrogen and oxygen atoms in total. The lowest BCUT2D eigenvalue weighted by Crippen LogP contribution is -2.14. The summed E-state index contributed by atoms with van der Waals surface area (Å²) in [4.78, 5) is 12.0. The Morgan fingerprint density at radius 2 is 1.74 bits per heavy atom. The van der Waals surface area contributed by atoms with Gasteiger partial charge in [-0.15, -0.1) is 0 Å². The molecular formula is C13H9BrF2N2O. The van der Waals surface area contributed by atoms with Gasteiger partial charge in [-0.05, 0) is 52.3 Å². The van der Waals surface area contributed by atoms with Crippen LogP contribution in [0.5, 0.6) is 0 Å². The van der Waals surface area contributed by atoms with E-state index >= 15 is 0 Å². The first kappa shape index (κ1) is 13.5. The predicted molar refractivity (Wildman–Crippen MR) is 72.9 cm³/mol. The van der Waals surface area contributed by atoms with Crippen molar-refractivity contribution in [1.29, 1.82) is 0 Å². The predicted octanol–water partition coefficient (Wildman–Crippen LogP) is 3.56. The number of nitrogens with one attached hydrogen (secondary N) is 1. The molecule has 19 heavy (non-hydrogen) atoms. The van der Waals surface area contributed by atoms with Crippen LogP contribution >= 0.6 is 15.9 Å². The summed E-state index contributed by atoms with van der Waals surface area (Å²) in [5, 5.41) is 2.56. The van der Waals surface area contributed by atoms with Crippen LogP contribution in [0.1, 0.15) is 10.4 Å². The molecule has 1 amide bonds. The quantitative estimate of drug-likeness (QED) is 0.829. The second kappa shape index (κ2) is 5.36. The van der Waals surface area contributed by atoms with Crippen LogP contribution in [0, 0.1) is 11.6 Å². The highest BCUT2D eigenvalue weighted by molar-refractivity contribution is 9.10. The molecule has 2 aromatic carbocycles. The van der Waals surface area contributed by atoms with Gasteiger partial charge in [-0.3, -0.25) is 4.79 Å². The van der Waals surface area contributed by atoms with Crippen LogP contribution in [0.4, 0.5) is 20.2 Å². The van der Waals surface area contributed by atoms with Crippen molar-refractivity contribution >= 4 is 33.2 Å². The minimum atomic E-state index is -0.517. The first-order chi connectivity index (χ1) is 8.97. The van der Waals surface area contributed by atoms with Gasteiger partial charge in [-0.25, -0.2) is 8.78 Å². The molecule has 0 saturated heterocycles. The third kappa shape index (κ3) is 3.08. The van der Waals surface area contributed by atoms with Crippen LogP contribution in [0.15, 0.2) is 40.9 Å². The largest absolute Gasteiger partial charge is 0.398 e. The topological polar surface area (TPSA) is 55.1 Å². The van der Waals surface area contributed by atoms with Crippen molar-refractivity contribution in [2.75, 3.05) is 11.1 Å². The number of carbonyl (C=O) groups is 1. The molecule has 0 saturated carbocycles. The first-order valence-electron chi connectivity index (χ1n) is 5.29. The summed E-state index contributed by atoms with van der Waals surface area (Å²) in [5.41, 5.74) is 6.15. The van der Waals surface area contributed by atoms with Crippen molar-refractivity contribution in [3.63, 3.8) is 0 Å². The van der Waals surface area contributed by atoms with Crippen LogP contribution in [-0.2, 0) is 0 Å². The number of hydrogen-bond donors (Lipinski definition) is 2. The highest BCUT2D eigenvalue weighted by Gasteiger charge is 2.12. The maximum Gasteiger partial charge on any atom is 0.257 e. The molecule has 0 bridgehead atoms. The number of amides is 1. The molecule has 0 aliphatic rings. The van der Waals surface area contributed by atoms with E-state index < -0.39 is 17.5 Å². The summed E-state index contributed by atoms with van der Waals surface area (Å²) in [7, 11) is 0. The van der Waals surface area contributed by atoms with Gasteiger partial charge in [-0.2, -0.15) is 0 Å². The molecular weight excluding hydrogens is 318 g/mol. The van der Waals surface area contributed by atoms with Gasteiger partial charge >= 0.3 is 0 Å². The Balaban J connectivity index is 2.25. The number of nitrogen functional groups attached to an aromatic ring is 1. The Hall–Kier alpha value is -1.95. The maximum absolute atomic E-state index is 12.9. The van der Waals surface area contributed by atoms with E-state index in [1.54, 1.807) is 0 Å². The van der Waals surface area contributed by atoms with E-state index in [0.717, 1.165) is 12.1 Å². The summed E-state index contributed by atoms with van der Waals surface area (Å²) >= 11 is 3.13. The SMILES string of the molecule is Nc1cc(F)ccc1C(=O)Nc1ccc(F)cc1Br. The zero-order valence-corrected chi connectivity index (χ0v) is 11.2. The Kier molecular flexibility index (Phi) is 3.80. The molecule has 98 valence electrons. The fourth-order valence-corrected chi connectivity index (χ4v) is 1.97. The molecule has 0 unspecified atom stereocenters. The van der Waals surface area contributed by atoms with Gasteiger partial charge < -0.3 is 11.1 Å². The van der Waals surface area contributed by atoms with Crippen LogP contribution in [0.2, 0.25) is 0 Å². The van der Waals surface area contributed by atoms with Gasteiger partial charge in [0.1, 0.15) is 11.6 Å². The van der Waals surface area contributed by atoms with Crippen molar-refractivity contribution in [3.8, 4) is 0 Å². The summed E-state index contributed by atoms with van der Waals surface area (Å²) in [6.45, 7) is 0. The Morgan fingerprint density at radius 1 is 1.11 bits per heavy atom. The molecule has 0 atom stereocenters. The van der Waals surface area contributed by atoms with Gasteiger partial charge in [-0.1, -0.05) is 0 Å². The normalized spacial score (nSPS) is 10.3. The Bertz CT molecular complexity index is 647. The fourth-order valence-electron chi connectivity index (χ4n) is 1.52. The second-order valence-electron chi connectivity index (χ2n) is 3.81. The lowest BCUT2D eigenvalue weighted by atomic mass is 10.1. The number of carbonyl (C=O) groups excluding carboxylic acids is 1. The zero-order chi connectivity index (χ0) is 14.0. The highest BCUT2D eigenvalue weighted by atomic mass is 79.9. The van der Waals surface area contributed by atoms with E-state index in [0.29, 0.717) is 10.2 Å². The number of benzene rings is 2. The second-order valence-corrected chi connectivity index (χ2v) is 4.66. The zero-order valence-electron chi connectivity index (χ0n) is 9.58. The molecule has 0 aliphatic heterocycles. The third-order valence-electron chi connectivity index (χ3n) is 2.44. The summed E-state index contributed by atoms with van der Waals surface area (Å²) in [6.07, 6.45) is 0. The summed E-state index contributed by atoms with van der Waals surface area (Å²) in [6, 6.07) is 7.35. The Morgan fingerprint density at radius 3 is 2.37 bits per heavy atom. The van der Waals surface area contributed by atoms with Crippen LogP contribution in [0.3, 0.4) is 0 Å². The highest BCUT2D eigenvalue weighted by Crippen LogP contribution is 2.24. The van der Waals surface area contributed by atoms with Gasteiger partial charge in [0, 0.05) is 10.2 Å². The summed E-state index contributed by atoms with van der Waals surface area (Å²) in [5.74, 6) is -1.44. The standard InChI is InChI=1S/C13H9BrF2N2O/c14-10-5-7(15)2-4-12(10)18-13(19)9-3-1-8(16)6-11(9)17/h1-6H,17H2,(H,18,19). The molecule has 2 aromatic rings. The maximum atomic E-state index is 12.9. The van der Waals surface area contributed by atoms with Gasteiger partial charge in [0.15, 0.2) is 0 Å². The smallest absolute Gasteiger partial charge is 0.257 e. The average molecular weight is 327 g/mol. The molecule has 0 aliphatic carbocycles. The van der Waals surface area contributed by atoms with E-state index in [2.05, 4.69) is 21.2 Å². The molecule has 0 heterocycles. The lowest BCUT2D eigenvalue weighted by Gasteiger charge is -2.09. The van der Waals surface area contributed by atoms with Crippen molar-refractivity contribution in [2.24, 2.45) is 0 Å². The number of anilines is 2. The monoisotopic (exact) mass is 326 g/mol. The van der Waals surface area contributed by atoms with Crippen molar-refractivity contribution < 1.29 is 13.6 Å². The van der Waals surface area contributed by atoms with E-state index in [9.17, 15) is 13.6 Å². The van der Waals surface area contributed by atoms with Crippen LogP contribution < -0.4 is 11.1 Å².